The first-order chi connectivity index (χ1) is 5.86. The van der Waals surface area contributed by atoms with E-state index >= 15 is 0 Å². The van der Waals surface area contributed by atoms with Gasteiger partial charge in [0, 0.05) is 0 Å². The summed E-state index contributed by atoms with van der Waals surface area (Å²) in [5, 5.41) is 3.43. The molecule has 3 heteroatoms. The summed E-state index contributed by atoms with van der Waals surface area (Å²) in [6, 6.07) is 7.23. The van der Waals surface area contributed by atoms with Crippen molar-refractivity contribution in [3.8, 4) is 0 Å². The molecule has 0 atom stereocenters. The Morgan fingerprint density at radius 2 is 2.08 bits per heavy atom. The van der Waals surface area contributed by atoms with Gasteiger partial charge in [0.15, 0.2) is 5.69 Å². The quantitative estimate of drug-likeness (QED) is 0.509. The average Bonchev–Trinajstić information content (AvgIpc) is 2.84. The maximum absolute atomic E-state index is 11.5. The molecule has 0 radical (unpaired) electrons. The Hall–Kier alpha value is -1.77. The summed E-state index contributed by atoms with van der Waals surface area (Å²) in [6.07, 6.45) is 0. The van der Waals surface area contributed by atoms with Gasteiger partial charge >= 0.3 is 0 Å². The minimum atomic E-state index is 0.0341. The van der Waals surface area contributed by atoms with Crippen LogP contribution >= 0.6 is 0 Å². The van der Waals surface area contributed by atoms with Crippen LogP contribution in [0, 0.1) is 0 Å². The van der Waals surface area contributed by atoms with Crippen molar-refractivity contribution in [3.05, 3.63) is 34.5 Å². The molecule has 1 aromatic carbocycles. The van der Waals surface area contributed by atoms with Crippen molar-refractivity contribution >= 4 is 22.5 Å². The third kappa shape index (κ3) is 0.580. The minimum Gasteiger partial charge on any atom is -0.438 e. The summed E-state index contributed by atoms with van der Waals surface area (Å²) < 4.78 is 5.32. The molecular weight excluding hydrogens is 154 g/mol. The normalized spacial score (nSPS) is 12.3. The maximum Gasteiger partial charge on any atom is 0.226 e. The monoisotopic (exact) mass is 159 g/mol. The number of benzene rings is 1. The van der Waals surface area contributed by atoms with Gasteiger partial charge in [0.2, 0.25) is 11.3 Å². The fraction of sp³-hybridized carbons (Fsp3) is 0. The third-order valence-electron chi connectivity index (χ3n) is 1.97. The molecule has 1 N–H and O–H groups in total. The molecule has 0 aliphatic carbocycles. The van der Waals surface area contributed by atoms with Gasteiger partial charge in [-0.1, -0.05) is 12.1 Å². The Labute approximate surface area is 67.6 Å². The molecule has 3 nitrogen and oxygen atoms in total. The van der Waals surface area contributed by atoms with E-state index in [2.05, 4.69) is 5.32 Å². The second-order valence-corrected chi connectivity index (χ2v) is 2.76. The van der Waals surface area contributed by atoms with Gasteiger partial charge in [0.25, 0.3) is 0 Å². The zero-order chi connectivity index (χ0) is 8.13. The van der Waals surface area contributed by atoms with E-state index in [1.54, 1.807) is 12.1 Å². The summed E-state index contributed by atoms with van der Waals surface area (Å²) in [6.45, 7) is 0. The van der Waals surface area contributed by atoms with Crippen molar-refractivity contribution in [3.63, 3.8) is 0 Å². The van der Waals surface area contributed by atoms with Gasteiger partial charge < -0.3 is 9.73 Å². The summed E-state index contributed by atoms with van der Waals surface area (Å²) >= 11 is 0. The van der Waals surface area contributed by atoms with Crippen molar-refractivity contribution in [2.45, 2.75) is 0 Å². The highest BCUT2D eigenvalue weighted by atomic mass is 16.4. The zero-order valence-corrected chi connectivity index (χ0v) is 6.13. The van der Waals surface area contributed by atoms with Crippen molar-refractivity contribution in [2.24, 2.45) is 0 Å². The molecule has 2 heterocycles. The molecule has 0 saturated heterocycles. The fourth-order valence-corrected chi connectivity index (χ4v) is 1.31. The standard InChI is InChI=1S/C9H5NO2/c11-8-5-3-1-2-4-6(5)12-9-7(8)10-9/h1-4,10H. The van der Waals surface area contributed by atoms with Crippen LogP contribution in [-0.4, -0.2) is 0 Å². The van der Waals surface area contributed by atoms with Crippen LogP contribution in [0.3, 0.4) is 0 Å². The Kier molecular flexibility index (Phi) is 0.821. The van der Waals surface area contributed by atoms with Crippen molar-refractivity contribution in [2.75, 3.05) is 5.32 Å². The van der Waals surface area contributed by atoms with E-state index in [1.165, 1.54) is 0 Å². The topological polar surface area (TPSA) is 52.2 Å². The zero-order valence-electron chi connectivity index (χ0n) is 6.13. The largest absolute Gasteiger partial charge is 0.438 e. The SMILES string of the molecule is O=c1c2c(oc3ccccc13)N2. The molecule has 3 rings (SSSR count). The molecular formula is C9H5NO2. The summed E-state index contributed by atoms with van der Waals surface area (Å²) in [4.78, 5) is 11.5. The van der Waals surface area contributed by atoms with E-state index < -0.39 is 0 Å². The molecule has 1 aromatic heterocycles. The average molecular weight is 159 g/mol. The molecule has 1 aliphatic rings. The van der Waals surface area contributed by atoms with Gasteiger partial charge in [-0.3, -0.25) is 4.79 Å². The van der Waals surface area contributed by atoms with E-state index in [-0.39, 0.29) is 5.43 Å². The Morgan fingerprint density at radius 3 is 3.00 bits per heavy atom. The highest BCUT2D eigenvalue weighted by Crippen LogP contribution is 2.36. The second-order valence-electron chi connectivity index (χ2n) is 2.76. The van der Waals surface area contributed by atoms with Crippen LogP contribution in [0.2, 0.25) is 0 Å². The van der Waals surface area contributed by atoms with Crippen LogP contribution < -0.4 is 10.7 Å². The highest BCUT2D eigenvalue weighted by molar-refractivity contribution is 5.93. The Balaban J connectivity index is 2.63. The molecule has 0 amide bonds. The lowest BCUT2D eigenvalue weighted by atomic mass is 10.2. The third-order valence-corrected chi connectivity index (χ3v) is 1.97. The molecule has 0 fully saturated rings. The molecule has 0 bridgehead atoms. The van der Waals surface area contributed by atoms with E-state index in [1.807, 2.05) is 12.1 Å². The number of hydrogen-bond acceptors (Lipinski definition) is 3. The second kappa shape index (κ2) is 1.69. The lowest BCUT2D eigenvalue weighted by Gasteiger charge is -1.89. The van der Waals surface area contributed by atoms with Gasteiger partial charge in [-0.05, 0) is 12.1 Å². The number of rotatable bonds is 0. The fourth-order valence-electron chi connectivity index (χ4n) is 1.31. The number of hydrogen-bond donors (Lipinski definition) is 1. The highest BCUT2D eigenvalue weighted by Gasteiger charge is 2.25. The van der Waals surface area contributed by atoms with E-state index in [9.17, 15) is 4.79 Å². The van der Waals surface area contributed by atoms with E-state index in [0.29, 0.717) is 22.5 Å². The van der Waals surface area contributed by atoms with Crippen LogP contribution in [0.5, 0.6) is 0 Å². The van der Waals surface area contributed by atoms with E-state index in [4.69, 9.17) is 4.42 Å². The van der Waals surface area contributed by atoms with Gasteiger partial charge in [-0.2, -0.15) is 0 Å². The lowest BCUT2D eigenvalue weighted by Crippen LogP contribution is -1.94. The van der Waals surface area contributed by atoms with Gasteiger partial charge in [0.1, 0.15) is 5.58 Å². The molecule has 58 valence electrons. The summed E-state index contributed by atoms with van der Waals surface area (Å²) in [7, 11) is 0. The van der Waals surface area contributed by atoms with Crippen molar-refractivity contribution < 1.29 is 4.42 Å². The van der Waals surface area contributed by atoms with Crippen molar-refractivity contribution in [1.82, 2.24) is 0 Å². The van der Waals surface area contributed by atoms with Crippen LogP contribution in [-0.2, 0) is 0 Å². The number of fused-ring (bicyclic) bond motifs is 2. The van der Waals surface area contributed by atoms with Crippen LogP contribution in [0.1, 0.15) is 0 Å². The molecule has 2 aromatic rings. The molecule has 0 unspecified atom stereocenters. The van der Waals surface area contributed by atoms with Gasteiger partial charge in [-0.15, -0.1) is 0 Å². The van der Waals surface area contributed by atoms with Gasteiger partial charge in [-0.25, -0.2) is 0 Å². The Morgan fingerprint density at radius 1 is 1.25 bits per heavy atom. The number of nitrogens with one attached hydrogen (secondary N) is 1. The van der Waals surface area contributed by atoms with Gasteiger partial charge in [0.05, 0.1) is 5.39 Å². The smallest absolute Gasteiger partial charge is 0.226 e. The van der Waals surface area contributed by atoms with E-state index in [0.717, 1.165) is 0 Å². The first kappa shape index (κ1) is 5.83. The van der Waals surface area contributed by atoms with Crippen LogP contribution in [0.15, 0.2) is 33.5 Å². The minimum absolute atomic E-state index is 0.0341. The number of para-hydroxylation sites is 1. The van der Waals surface area contributed by atoms with Crippen molar-refractivity contribution in [1.29, 1.82) is 0 Å². The summed E-state index contributed by atoms with van der Waals surface area (Å²) in [5.74, 6) is 0.610. The van der Waals surface area contributed by atoms with Crippen LogP contribution in [0.4, 0.5) is 11.6 Å². The number of anilines is 2. The predicted molar refractivity (Wildman–Crippen MR) is 45.8 cm³/mol. The first-order valence-corrected chi connectivity index (χ1v) is 3.69. The molecule has 0 saturated carbocycles. The maximum atomic E-state index is 11.5. The molecule has 0 spiro atoms. The molecule has 12 heavy (non-hydrogen) atoms. The summed E-state index contributed by atoms with van der Waals surface area (Å²) in [5.41, 5.74) is 1.28. The predicted octanol–water partition coefficient (Wildman–Crippen LogP) is 1.85. The first-order valence-electron chi connectivity index (χ1n) is 3.69. The lowest BCUT2D eigenvalue weighted by molar-refractivity contribution is 0.644. The Bertz CT molecular complexity index is 528. The molecule has 1 aliphatic heterocycles. The van der Waals surface area contributed by atoms with Crippen LogP contribution in [0.25, 0.3) is 11.0 Å².